The van der Waals surface area contributed by atoms with E-state index in [1.165, 1.54) is 0 Å². The van der Waals surface area contributed by atoms with E-state index in [1.807, 2.05) is 54.6 Å². The van der Waals surface area contributed by atoms with E-state index in [0.717, 1.165) is 29.4 Å². The molecule has 0 saturated heterocycles. The van der Waals surface area contributed by atoms with E-state index in [2.05, 4.69) is 16.5 Å². The minimum Gasteiger partial charge on any atom is -0.457 e. The molecular weight excluding hydrogens is 264 g/mol. The Morgan fingerprint density at radius 1 is 0.905 bits per heavy atom. The van der Waals surface area contributed by atoms with Crippen LogP contribution in [0.1, 0.15) is 11.3 Å². The highest BCUT2D eigenvalue weighted by molar-refractivity contribution is 5.33. The largest absolute Gasteiger partial charge is 0.457 e. The Kier molecular flexibility index (Phi) is 4.29. The fraction of sp³-hybridized carbons (Fsp3) is 0.118. The highest BCUT2D eigenvalue weighted by Crippen LogP contribution is 2.21. The van der Waals surface area contributed by atoms with Crippen LogP contribution in [-0.2, 0) is 13.1 Å². The summed E-state index contributed by atoms with van der Waals surface area (Å²) < 4.78 is 10.9. The second-order valence-electron chi connectivity index (χ2n) is 4.64. The summed E-state index contributed by atoms with van der Waals surface area (Å²) in [6.07, 6.45) is 1.64. The van der Waals surface area contributed by atoms with Gasteiger partial charge < -0.3 is 14.6 Å². The van der Waals surface area contributed by atoms with E-state index in [4.69, 9.17) is 9.26 Å². The molecule has 21 heavy (non-hydrogen) atoms. The molecule has 3 rings (SSSR count). The molecule has 1 N–H and O–H groups in total. The number of para-hydroxylation sites is 1. The molecule has 0 radical (unpaired) electrons. The van der Waals surface area contributed by atoms with Gasteiger partial charge in [0.2, 0.25) is 0 Å². The summed E-state index contributed by atoms with van der Waals surface area (Å²) in [7, 11) is 0. The molecule has 4 nitrogen and oxygen atoms in total. The van der Waals surface area contributed by atoms with E-state index in [9.17, 15) is 0 Å². The highest BCUT2D eigenvalue weighted by atomic mass is 16.5. The third kappa shape index (κ3) is 3.94. The minimum atomic E-state index is 0.657. The van der Waals surface area contributed by atoms with Crippen LogP contribution >= 0.6 is 0 Å². The monoisotopic (exact) mass is 280 g/mol. The number of nitrogens with zero attached hydrogens (tertiary/aromatic N) is 1. The first kappa shape index (κ1) is 13.4. The van der Waals surface area contributed by atoms with Gasteiger partial charge in [-0.15, -0.1) is 0 Å². The van der Waals surface area contributed by atoms with Crippen LogP contribution in [-0.4, -0.2) is 5.16 Å². The summed E-state index contributed by atoms with van der Waals surface area (Å²) in [5.74, 6) is 2.50. The number of aromatic nitrogens is 1. The van der Waals surface area contributed by atoms with E-state index in [0.29, 0.717) is 6.54 Å². The van der Waals surface area contributed by atoms with Crippen LogP contribution in [0.2, 0.25) is 0 Å². The SMILES string of the molecule is c1ccc(Oc2cccc(CNCc3ccno3)c2)cc1. The Morgan fingerprint density at radius 2 is 1.76 bits per heavy atom. The van der Waals surface area contributed by atoms with Crippen molar-refractivity contribution < 1.29 is 9.26 Å². The Bertz CT molecular complexity index is 666. The molecule has 0 spiro atoms. The number of ether oxygens (including phenoxy) is 1. The van der Waals surface area contributed by atoms with E-state index >= 15 is 0 Å². The highest BCUT2D eigenvalue weighted by Gasteiger charge is 2.00. The molecule has 4 heteroatoms. The maximum absolute atomic E-state index is 5.81. The predicted molar refractivity (Wildman–Crippen MR) is 80.0 cm³/mol. The normalized spacial score (nSPS) is 10.5. The van der Waals surface area contributed by atoms with Crippen LogP contribution in [0.3, 0.4) is 0 Å². The van der Waals surface area contributed by atoms with Gasteiger partial charge in [-0.05, 0) is 29.8 Å². The molecule has 0 fully saturated rings. The second kappa shape index (κ2) is 6.72. The van der Waals surface area contributed by atoms with E-state index in [-0.39, 0.29) is 0 Å². The van der Waals surface area contributed by atoms with Crippen molar-refractivity contribution in [1.82, 2.24) is 10.5 Å². The molecule has 1 heterocycles. The van der Waals surface area contributed by atoms with Gasteiger partial charge in [0.25, 0.3) is 0 Å². The van der Waals surface area contributed by atoms with Crippen LogP contribution in [0.4, 0.5) is 0 Å². The second-order valence-corrected chi connectivity index (χ2v) is 4.64. The molecule has 0 unspecified atom stereocenters. The van der Waals surface area contributed by atoms with Gasteiger partial charge in [-0.2, -0.15) is 0 Å². The zero-order valence-corrected chi connectivity index (χ0v) is 11.5. The average molecular weight is 280 g/mol. The van der Waals surface area contributed by atoms with Gasteiger partial charge in [-0.1, -0.05) is 35.5 Å². The Balaban J connectivity index is 1.58. The first-order valence-corrected chi connectivity index (χ1v) is 6.82. The lowest BCUT2D eigenvalue weighted by Crippen LogP contribution is -2.12. The molecular formula is C17H16N2O2. The molecule has 2 aromatic carbocycles. The average Bonchev–Trinajstić information content (AvgIpc) is 3.02. The predicted octanol–water partition coefficient (Wildman–Crippen LogP) is 3.76. The number of rotatable bonds is 6. The first-order valence-electron chi connectivity index (χ1n) is 6.82. The number of benzene rings is 2. The van der Waals surface area contributed by atoms with Crippen molar-refractivity contribution in [2.75, 3.05) is 0 Å². The summed E-state index contributed by atoms with van der Waals surface area (Å²) >= 11 is 0. The van der Waals surface area contributed by atoms with Crippen molar-refractivity contribution in [2.45, 2.75) is 13.1 Å². The Labute approximate surface area is 123 Å². The quantitative estimate of drug-likeness (QED) is 0.747. The summed E-state index contributed by atoms with van der Waals surface area (Å²) in [5, 5.41) is 6.98. The van der Waals surface area contributed by atoms with E-state index in [1.54, 1.807) is 6.20 Å². The van der Waals surface area contributed by atoms with Crippen molar-refractivity contribution in [3.05, 3.63) is 78.2 Å². The third-order valence-electron chi connectivity index (χ3n) is 3.00. The summed E-state index contributed by atoms with van der Waals surface area (Å²) in [6, 6.07) is 19.6. The van der Waals surface area contributed by atoms with Crippen molar-refractivity contribution in [3.63, 3.8) is 0 Å². The number of hydrogen-bond donors (Lipinski definition) is 1. The Hall–Kier alpha value is -2.59. The van der Waals surface area contributed by atoms with Crippen LogP contribution in [0.25, 0.3) is 0 Å². The molecule has 0 aliphatic carbocycles. The molecule has 0 bridgehead atoms. The van der Waals surface area contributed by atoms with Crippen LogP contribution in [0.15, 0.2) is 71.4 Å². The molecule has 1 aromatic heterocycles. The van der Waals surface area contributed by atoms with E-state index < -0.39 is 0 Å². The molecule has 0 atom stereocenters. The van der Waals surface area contributed by atoms with Crippen molar-refractivity contribution in [3.8, 4) is 11.5 Å². The summed E-state index contributed by atoms with van der Waals surface area (Å²) in [6.45, 7) is 1.40. The third-order valence-corrected chi connectivity index (χ3v) is 3.00. The topological polar surface area (TPSA) is 47.3 Å². The minimum absolute atomic E-state index is 0.657. The van der Waals surface area contributed by atoms with Gasteiger partial charge in [0.1, 0.15) is 17.3 Å². The summed E-state index contributed by atoms with van der Waals surface area (Å²) in [4.78, 5) is 0. The van der Waals surface area contributed by atoms with Crippen LogP contribution in [0, 0.1) is 0 Å². The zero-order chi connectivity index (χ0) is 14.3. The van der Waals surface area contributed by atoms with Gasteiger partial charge in [-0.25, -0.2) is 0 Å². The molecule has 0 saturated carbocycles. The van der Waals surface area contributed by atoms with Gasteiger partial charge >= 0.3 is 0 Å². The maximum Gasteiger partial charge on any atom is 0.150 e. The maximum atomic E-state index is 5.81. The first-order chi connectivity index (χ1) is 10.4. The molecule has 0 amide bonds. The van der Waals surface area contributed by atoms with Crippen LogP contribution in [0.5, 0.6) is 11.5 Å². The lowest BCUT2D eigenvalue weighted by atomic mass is 10.2. The van der Waals surface area contributed by atoms with Gasteiger partial charge in [0, 0.05) is 12.6 Å². The number of hydrogen-bond acceptors (Lipinski definition) is 4. The van der Waals surface area contributed by atoms with Gasteiger partial charge in [-0.3, -0.25) is 0 Å². The van der Waals surface area contributed by atoms with Crippen molar-refractivity contribution >= 4 is 0 Å². The molecule has 0 aliphatic heterocycles. The zero-order valence-electron chi connectivity index (χ0n) is 11.5. The molecule has 106 valence electrons. The van der Waals surface area contributed by atoms with Crippen molar-refractivity contribution in [1.29, 1.82) is 0 Å². The number of nitrogens with one attached hydrogen (secondary N) is 1. The van der Waals surface area contributed by atoms with Gasteiger partial charge in [0.05, 0.1) is 12.7 Å². The smallest absolute Gasteiger partial charge is 0.150 e. The fourth-order valence-electron chi connectivity index (χ4n) is 2.01. The standard InChI is InChI=1S/C17H16N2O2/c1-2-6-15(7-3-1)20-16-8-4-5-14(11-16)12-18-13-17-9-10-19-21-17/h1-11,18H,12-13H2. The molecule has 3 aromatic rings. The Morgan fingerprint density at radius 3 is 2.57 bits per heavy atom. The van der Waals surface area contributed by atoms with Crippen molar-refractivity contribution in [2.24, 2.45) is 0 Å². The fourth-order valence-corrected chi connectivity index (χ4v) is 2.01. The van der Waals surface area contributed by atoms with Crippen LogP contribution < -0.4 is 10.1 Å². The molecule has 0 aliphatic rings. The lowest BCUT2D eigenvalue weighted by Gasteiger charge is -2.08. The van der Waals surface area contributed by atoms with Gasteiger partial charge in [0.15, 0.2) is 0 Å². The lowest BCUT2D eigenvalue weighted by molar-refractivity contribution is 0.372. The summed E-state index contributed by atoms with van der Waals surface area (Å²) in [5.41, 5.74) is 1.16.